The number of aliphatic hydroxyl groups excluding tert-OH is 1. The van der Waals surface area contributed by atoms with Crippen LogP contribution < -0.4 is 0 Å². The average Bonchev–Trinajstić information content (AvgIpc) is 2.10. The van der Waals surface area contributed by atoms with Gasteiger partial charge in [-0.15, -0.1) is 0 Å². The molecule has 1 atom stereocenters. The summed E-state index contributed by atoms with van der Waals surface area (Å²) in [5.41, 5.74) is 0.587. The minimum absolute atomic E-state index is 0.0902. The molecule has 1 N–H and O–H groups in total. The Balaban J connectivity index is 2.84. The largest absolute Gasteiger partial charge is 0.388 e. The fraction of sp³-hybridized carbons (Fsp3) is 0.400. The number of benzene rings is 1. The number of aliphatic hydroxyl groups is 1. The second-order valence-corrected chi connectivity index (χ2v) is 3.39. The van der Waals surface area contributed by atoms with Gasteiger partial charge in [-0.1, -0.05) is 31.0 Å². The first kappa shape index (κ1) is 10.5. The van der Waals surface area contributed by atoms with E-state index < -0.39 is 11.9 Å². The molecule has 1 nitrogen and oxygen atoms in total. The Hall–Kier alpha value is -0.600. The molecule has 0 spiro atoms. The van der Waals surface area contributed by atoms with Gasteiger partial charge in [0.25, 0.3) is 0 Å². The van der Waals surface area contributed by atoms with E-state index >= 15 is 0 Å². The zero-order chi connectivity index (χ0) is 9.84. The van der Waals surface area contributed by atoms with Gasteiger partial charge in [0.1, 0.15) is 5.82 Å². The van der Waals surface area contributed by atoms with Crippen LogP contribution in [0.25, 0.3) is 0 Å². The van der Waals surface area contributed by atoms with E-state index in [-0.39, 0.29) is 5.02 Å². The van der Waals surface area contributed by atoms with Crippen LogP contribution in [-0.4, -0.2) is 5.11 Å². The Morgan fingerprint density at radius 3 is 2.77 bits per heavy atom. The van der Waals surface area contributed by atoms with Crippen LogP contribution in [0.15, 0.2) is 18.2 Å². The third kappa shape index (κ3) is 2.68. The zero-order valence-corrected chi connectivity index (χ0v) is 8.18. The summed E-state index contributed by atoms with van der Waals surface area (Å²) in [6, 6.07) is 4.39. The van der Waals surface area contributed by atoms with Crippen LogP contribution in [0, 0.1) is 5.82 Å². The van der Waals surface area contributed by atoms with Crippen molar-refractivity contribution in [1.29, 1.82) is 0 Å². The first-order valence-electron chi connectivity index (χ1n) is 4.28. The topological polar surface area (TPSA) is 20.2 Å². The number of rotatable bonds is 3. The minimum Gasteiger partial charge on any atom is -0.388 e. The molecule has 0 radical (unpaired) electrons. The van der Waals surface area contributed by atoms with Crippen molar-refractivity contribution in [1.82, 2.24) is 0 Å². The molecule has 13 heavy (non-hydrogen) atoms. The summed E-state index contributed by atoms with van der Waals surface area (Å²) in [4.78, 5) is 0. The van der Waals surface area contributed by atoms with Gasteiger partial charge in [-0.3, -0.25) is 0 Å². The van der Waals surface area contributed by atoms with E-state index in [2.05, 4.69) is 0 Å². The molecule has 0 aliphatic heterocycles. The Labute approximate surface area is 82.2 Å². The van der Waals surface area contributed by atoms with Gasteiger partial charge in [-0.2, -0.15) is 0 Å². The van der Waals surface area contributed by atoms with Crippen LogP contribution in [0.1, 0.15) is 31.4 Å². The van der Waals surface area contributed by atoms with Gasteiger partial charge in [0, 0.05) is 0 Å². The first-order valence-corrected chi connectivity index (χ1v) is 4.66. The molecule has 0 amide bonds. The van der Waals surface area contributed by atoms with Crippen LogP contribution in [-0.2, 0) is 0 Å². The Kier molecular flexibility index (Phi) is 3.70. The van der Waals surface area contributed by atoms with Crippen LogP contribution in [0.2, 0.25) is 5.02 Å². The van der Waals surface area contributed by atoms with Crippen LogP contribution in [0.3, 0.4) is 0 Å². The Morgan fingerprint density at radius 2 is 2.23 bits per heavy atom. The highest BCUT2D eigenvalue weighted by Crippen LogP contribution is 2.22. The summed E-state index contributed by atoms with van der Waals surface area (Å²) in [6.07, 6.45) is 0.920. The minimum atomic E-state index is -0.586. The maximum absolute atomic E-state index is 12.9. The van der Waals surface area contributed by atoms with Crippen molar-refractivity contribution in [3.8, 4) is 0 Å². The van der Waals surface area contributed by atoms with Crippen molar-refractivity contribution >= 4 is 11.6 Å². The molecule has 0 bridgehead atoms. The van der Waals surface area contributed by atoms with Crippen molar-refractivity contribution in [3.05, 3.63) is 34.6 Å². The van der Waals surface area contributed by atoms with E-state index in [0.29, 0.717) is 12.0 Å². The standard InChI is InChI=1S/C10H12ClFO/c1-2-3-10(13)7-4-5-8(11)9(12)6-7/h4-6,10,13H,2-3H2,1H3. The van der Waals surface area contributed by atoms with E-state index in [4.69, 9.17) is 11.6 Å². The molecule has 0 aliphatic carbocycles. The zero-order valence-electron chi connectivity index (χ0n) is 7.43. The lowest BCUT2D eigenvalue weighted by Crippen LogP contribution is -1.97. The average molecular weight is 203 g/mol. The third-order valence-electron chi connectivity index (χ3n) is 1.89. The molecule has 1 rings (SSSR count). The molecule has 3 heteroatoms. The fourth-order valence-corrected chi connectivity index (χ4v) is 1.28. The molecule has 0 saturated heterocycles. The summed E-state index contributed by atoms with van der Waals surface area (Å²) in [6.45, 7) is 1.97. The molecule has 0 aromatic heterocycles. The van der Waals surface area contributed by atoms with Crippen molar-refractivity contribution in [3.63, 3.8) is 0 Å². The van der Waals surface area contributed by atoms with Gasteiger partial charge in [-0.05, 0) is 24.1 Å². The SMILES string of the molecule is CCCC(O)c1ccc(Cl)c(F)c1. The van der Waals surface area contributed by atoms with E-state index in [1.165, 1.54) is 12.1 Å². The fourth-order valence-electron chi connectivity index (χ4n) is 1.16. The van der Waals surface area contributed by atoms with Gasteiger partial charge in [0.05, 0.1) is 11.1 Å². The monoisotopic (exact) mass is 202 g/mol. The summed E-state index contributed by atoms with van der Waals surface area (Å²) in [7, 11) is 0. The molecule has 1 aromatic carbocycles. The number of hydrogen-bond acceptors (Lipinski definition) is 1. The van der Waals surface area contributed by atoms with Crippen molar-refractivity contribution in [2.45, 2.75) is 25.9 Å². The van der Waals surface area contributed by atoms with Crippen LogP contribution in [0.4, 0.5) is 4.39 Å². The highest BCUT2D eigenvalue weighted by Gasteiger charge is 2.08. The van der Waals surface area contributed by atoms with Gasteiger partial charge < -0.3 is 5.11 Å². The quantitative estimate of drug-likeness (QED) is 0.798. The van der Waals surface area contributed by atoms with Gasteiger partial charge in [-0.25, -0.2) is 4.39 Å². The molecule has 0 aliphatic rings. The lowest BCUT2D eigenvalue weighted by molar-refractivity contribution is 0.166. The lowest BCUT2D eigenvalue weighted by atomic mass is 10.1. The molecular weight excluding hydrogens is 191 g/mol. The molecule has 72 valence electrons. The number of halogens is 2. The first-order chi connectivity index (χ1) is 6.15. The maximum Gasteiger partial charge on any atom is 0.142 e. The van der Waals surface area contributed by atoms with E-state index in [0.717, 1.165) is 6.42 Å². The molecule has 0 heterocycles. The van der Waals surface area contributed by atoms with E-state index in [1.807, 2.05) is 6.92 Å². The molecule has 0 fully saturated rings. The third-order valence-corrected chi connectivity index (χ3v) is 2.20. The molecule has 0 saturated carbocycles. The van der Waals surface area contributed by atoms with Crippen LogP contribution >= 0.6 is 11.6 Å². The predicted octanol–water partition coefficient (Wildman–Crippen LogP) is 3.31. The summed E-state index contributed by atoms with van der Waals surface area (Å²) >= 11 is 5.51. The van der Waals surface area contributed by atoms with E-state index in [9.17, 15) is 9.50 Å². The lowest BCUT2D eigenvalue weighted by Gasteiger charge is -2.09. The second-order valence-electron chi connectivity index (χ2n) is 2.98. The van der Waals surface area contributed by atoms with Crippen molar-refractivity contribution < 1.29 is 9.50 Å². The van der Waals surface area contributed by atoms with E-state index in [1.54, 1.807) is 6.07 Å². The van der Waals surface area contributed by atoms with Crippen molar-refractivity contribution in [2.24, 2.45) is 0 Å². The normalized spacial score (nSPS) is 12.9. The predicted molar refractivity (Wildman–Crippen MR) is 51.3 cm³/mol. The van der Waals surface area contributed by atoms with Gasteiger partial charge >= 0.3 is 0 Å². The van der Waals surface area contributed by atoms with Crippen LogP contribution in [0.5, 0.6) is 0 Å². The summed E-state index contributed by atoms with van der Waals surface area (Å²) in [5.74, 6) is -0.477. The Bertz CT molecular complexity index is 288. The Morgan fingerprint density at radius 1 is 1.54 bits per heavy atom. The van der Waals surface area contributed by atoms with Crippen molar-refractivity contribution in [2.75, 3.05) is 0 Å². The van der Waals surface area contributed by atoms with Gasteiger partial charge in [0.2, 0.25) is 0 Å². The number of hydrogen-bond donors (Lipinski definition) is 1. The molecule has 1 aromatic rings. The summed E-state index contributed by atoms with van der Waals surface area (Å²) < 4.78 is 12.9. The highest BCUT2D eigenvalue weighted by atomic mass is 35.5. The smallest absolute Gasteiger partial charge is 0.142 e. The molecule has 1 unspecified atom stereocenters. The second kappa shape index (κ2) is 4.58. The van der Waals surface area contributed by atoms with Gasteiger partial charge in [0.15, 0.2) is 0 Å². The maximum atomic E-state index is 12.9. The summed E-state index contributed by atoms with van der Waals surface area (Å²) in [5, 5.41) is 9.62. The highest BCUT2D eigenvalue weighted by molar-refractivity contribution is 6.30. The molecular formula is C10H12ClFO.